The van der Waals surface area contributed by atoms with Crippen molar-refractivity contribution in [3.8, 4) is 5.75 Å². The number of hydrogen-bond acceptors (Lipinski definition) is 13. The van der Waals surface area contributed by atoms with Gasteiger partial charge in [0.1, 0.15) is 29.9 Å². The number of carbonyl (C=O) groups excluding carboxylic acids is 6. The van der Waals surface area contributed by atoms with Crippen LogP contribution >= 0.6 is 23.5 Å². The Labute approximate surface area is 348 Å². The van der Waals surface area contributed by atoms with Crippen molar-refractivity contribution in [2.45, 2.75) is 62.3 Å². The number of H-pyrrole nitrogens is 1. The zero-order chi connectivity index (χ0) is 43.7. The van der Waals surface area contributed by atoms with Crippen molar-refractivity contribution in [2.75, 3.05) is 30.6 Å². The van der Waals surface area contributed by atoms with E-state index in [-0.39, 0.29) is 31.4 Å². The van der Waals surface area contributed by atoms with Crippen LogP contribution in [-0.2, 0) is 56.8 Å². The second kappa shape index (κ2) is 23.3. The molecule has 6 amide bonds. The van der Waals surface area contributed by atoms with Gasteiger partial charge < -0.3 is 52.3 Å². The molecule has 59 heavy (non-hydrogen) atoms. The summed E-state index contributed by atoms with van der Waals surface area (Å²) in [6, 6.07) is 6.17. The van der Waals surface area contributed by atoms with Gasteiger partial charge in [-0.3, -0.25) is 33.3 Å². The van der Waals surface area contributed by atoms with Gasteiger partial charge in [0.05, 0.1) is 19.0 Å². The number of nitrogens with one attached hydrogen (secondary N) is 6. The van der Waals surface area contributed by atoms with Crippen molar-refractivity contribution >= 4 is 86.2 Å². The van der Waals surface area contributed by atoms with E-state index in [1.165, 1.54) is 47.8 Å². The number of benzene rings is 2. The van der Waals surface area contributed by atoms with Gasteiger partial charge in [-0.2, -0.15) is 31.9 Å². The topological polar surface area (TPSA) is 331 Å². The molecule has 2 aromatic carbocycles. The molecule has 23 heteroatoms. The van der Waals surface area contributed by atoms with E-state index in [1.807, 2.05) is 18.2 Å². The van der Waals surface area contributed by atoms with Crippen molar-refractivity contribution in [1.29, 1.82) is 0 Å². The minimum absolute atomic E-state index is 0.00947. The minimum Gasteiger partial charge on any atom is -0.480 e. The van der Waals surface area contributed by atoms with E-state index in [0.29, 0.717) is 22.6 Å². The van der Waals surface area contributed by atoms with E-state index in [0.717, 1.165) is 10.9 Å². The molecule has 3 rings (SSSR count). The van der Waals surface area contributed by atoms with Crippen LogP contribution in [0.4, 0.5) is 0 Å². The van der Waals surface area contributed by atoms with E-state index in [2.05, 4.69) is 35.8 Å². The SMILES string of the molecule is CSCCC(NC(=O)C(N)Cc1ccc(OS(=O)(=O)O)cc1)C(=O)NCC(=O)NC(Cc1c[nH]c2ccccc12)C(=O)NC(CCSC)C(=O)NC(CC(N)=O)C(=O)O. The average Bonchev–Trinajstić information content (AvgIpc) is 3.58. The maximum absolute atomic E-state index is 13.9. The van der Waals surface area contributed by atoms with Gasteiger partial charge in [-0.1, -0.05) is 30.3 Å². The van der Waals surface area contributed by atoms with E-state index in [9.17, 15) is 47.1 Å². The number of rotatable bonds is 25. The number of aromatic amines is 1. The normalized spacial score (nSPS) is 13.8. The van der Waals surface area contributed by atoms with E-state index in [1.54, 1.807) is 24.8 Å². The van der Waals surface area contributed by atoms with Crippen LogP contribution in [0, 0.1) is 0 Å². The molecule has 1 aromatic heterocycles. The maximum Gasteiger partial charge on any atom is 0.446 e. The molecular formula is C36H48N8O12S3. The highest BCUT2D eigenvalue weighted by atomic mass is 32.3. The summed E-state index contributed by atoms with van der Waals surface area (Å²) in [6.45, 7) is -0.615. The lowest BCUT2D eigenvalue weighted by Crippen LogP contribution is -2.57. The van der Waals surface area contributed by atoms with Crippen molar-refractivity contribution in [2.24, 2.45) is 11.5 Å². The van der Waals surface area contributed by atoms with Gasteiger partial charge in [-0.25, -0.2) is 4.79 Å². The Hall–Kier alpha value is -5.36. The number of primary amides is 1. The summed E-state index contributed by atoms with van der Waals surface area (Å²) in [7, 11) is -4.73. The van der Waals surface area contributed by atoms with Crippen LogP contribution in [0.2, 0.25) is 0 Å². The van der Waals surface area contributed by atoms with Crippen LogP contribution in [0.15, 0.2) is 54.7 Å². The molecule has 0 fully saturated rings. The largest absolute Gasteiger partial charge is 0.480 e. The average molecular weight is 881 g/mol. The van der Waals surface area contributed by atoms with Crippen LogP contribution in [0.5, 0.6) is 5.75 Å². The first-order valence-corrected chi connectivity index (χ1v) is 22.1. The lowest BCUT2D eigenvalue weighted by atomic mass is 10.0. The number of aromatic nitrogens is 1. The number of carboxylic acid groups (broad SMARTS) is 1. The van der Waals surface area contributed by atoms with E-state index < -0.39 is 95.0 Å². The van der Waals surface area contributed by atoms with Gasteiger partial charge in [0.2, 0.25) is 35.4 Å². The number of fused-ring (bicyclic) bond motifs is 1. The fourth-order valence-electron chi connectivity index (χ4n) is 5.65. The summed E-state index contributed by atoms with van der Waals surface area (Å²) in [6.07, 6.45) is 4.70. The van der Waals surface area contributed by atoms with Gasteiger partial charge >= 0.3 is 16.4 Å². The second-order valence-electron chi connectivity index (χ2n) is 13.1. The molecule has 0 saturated heterocycles. The molecule has 5 unspecified atom stereocenters. The van der Waals surface area contributed by atoms with Gasteiger partial charge in [0, 0.05) is 23.5 Å². The summed E-state index contributed by atoms with van der Waals surface area (Å²) >= 11 is 2.77. The number of thioether (sulfide) groups is 2. The van der Waals surface area contributed by atoms with Gasteiger partial charge in [-0.05, 0) is 72.6 Å². The minimum atomic E-state index is -4.73. The van der Waals surface area contributed by atoms with E-state index >= 15 is 0 Å². The van der Waals surface area contributed by atoms with Crippen molar-refractivity contribution in [3.63, 3.8) is 0 Å². The molecule has 0 bridgehead atoms. The summed E-state index contributed by atoms with van der Waals surface area (Å²) in [5, 5.41) is 22.8. The molecule has 20 nitrogen and oxygen atoms in total. The maximum atomic E-state index is 13.9. The molecule has 5 atom stereocenters. The molecule has 12 N–H and O–H groups in total. The first kappa shape index (κ1) is 48.0. The Morgan fingerprint density at radius 1 is 0.780 bits per heavy atom. The van der Waals surface area contributed by atoms with Crippen LogP contribution in [0.25, 0.3) is 10.9 Å². The third-order valence-electron chi connectivity index (χ3n) is 8.60. The van der Waals surface area contributed by atoms with Crippen LogP contribution in [0.1, 0.15) is 30.4 Å². The lowest BCUT2D eigenvalue weighted by molar-refractivity contribution is -0.143. The zero-order valence-corrected chi connectivity index (χ0v) is 34.5. The zero-order valence-electron chi connectivity index (χ0n) is 32.1. The van der Waals surface area contributed by atoms with E-state index in [4.69, 9.17) is 16.0 Å². The lowest BCUT2D eigenvalue weighted by Gasteiger charge is -2.24. The molecular weight excluding hydrogens is 833 g/mol. The monoisotopic (exact) mass is 880 g/mol. The van der Waals surface area contributed by atoms with Crippen molar-refractivity contribution < 1.29 is 55.8 Å². The second-order valence-corrected chi connectivity index (χ2v) is 16.1. The summed E-state index contributed by atoms with van der Waals surface area (Å²) in [5.41, 5.74) is 13.2. The Bertz CT molecular complexity index is 2070. The highest BCUT2D eigenvalue weighted by molar-refractivity contribution is 7.98. The predicted molar refractivity (Wildman–Crippen MR) is 220 cm³/mol. The summed E-state index contributed by atoms with van der Waals surface area (Å²) < 4.78 is 35.1. The standard InChI is InChI=1S/C36H48N8O12S3/c1-57-13-11-26(42-32(47)24(37)15-20-7-9-22(10-8-20)56-59(53,54)55)33(48)40-19-31(46)41-28(16-21-18-39-25-6-4-3-5-23(21)25)35(50)43-27(12-14-58-2)34(49)44-29(36(51)52)17-30(38)45/h3-10,18,24,26-29,39H,11-17,19,37H2,1-2H3,(H2,38,45)(H,40,48)(H,41,46)(H,42,47)(H,43,50)(H,44,49)(H,51,52)(H,53,54,55). The molecule has 0 radical (unpaired) electrons. The first-order valence-electron chi connectivity index (χ1n) is 17.9. The quantitative estimate of drug-likeness (QED) is 0.0456. The first-order chi connectivity index (χ1) is 27.9. The highest BCUT2D eigenvalue weighted by Gasteiger charge is 2.31. The number of hydrogen-bond donors (Lipinski definition) is 10. The number of para-hydroxylation sites is 1. The Morgan fingerprint density at radius 3 is 1.95 bits per heavy atom. The smallest absolute Gasteiger partial charge is 0.446 e. The van der Waals surface area contributed by atoms with Crippen LogP contribution in [-0.4, -0.2) is 125 Å². The molecule has 0 aliphatic rings. The van der Waals surface area contributed by atoms with Crippen LogP contribution < -0.4 is 42.2 Å². The molecule has 0 aliphatic heterocycles. The Balaban J connectivity index is 1.73. The highest BCUT2D eigenvalue weighted by Crippen LogP contribution is 2.20. The predicted octanol–water partition coefficient (Wildman–Crippen LogP) is -1.02. The molecule has 0 aliphatic carbocycles. The Morgan fingerprint density at radius 2 is 1.36 bits per heavy atom. The molecule has 3 aromatic rings. The van der Waals surface area contributed by atoms with Crippen LogP contribution in [0.3, 0.4) is 0 Å². The molecule has 322 valence electrons. The van der Waals surface area contributed by atoms with Gasteiger partial charge in [-0.15, -0.1) is 0 Å². The Kier molecular flexibility index (Phi) is 19.0. The van der Waals surface area contributed by atoms with Crippen molar-refractivity contribution in [1.82, 2.24) is 31.6 Å². The number of nitrogens with two attached hydrogens (primary N) is 2. The molecule has 1 heterocycles. The number of aliphatic carboxylic acids is 1. The van der Waals surface area contributed by atoms with Crippen molar-refractivity contribution in [3.05, 3.63) is 65.9 Å². The van der Waals surface area contributed by atoms with Gasteiger partial charge in [0.15, 0.2) is 0 Å². The fourth-order valence-corrected chi connectivity index (χ4v) is 6.95. The summed E-state index contributed by atoms with van der Waals surface area (Å²) in [4.78, 5) is 93.1. The summed E-state index contributed by atoms with van der Waals surface area (Å²) in [5.74, 6) is -5.67. The number of amides is 6. The number of carboxylic acids is 1. The molecule has 0 saturated carbocycles. The fraction of sp³-hybridized carbons (Fsp3) is 0.417. The van der Waals surface area contributed by atoms with Gasteiger partial charge in [0.25, 0.3) is 0 Å². The third kappa shape index (κ3) is 16.4. The molecule has 0 spiro atoms. The third-order valence-corrected chi connectivity index (χ3v) is 10.3. The number of carbonyl (C=O) groups is 7.